The second-order valence-corrected chi connectivity index (χ2v) is 5.27. The van der Waals surface area contributed by atoms with Crippen LogP contribution in [0.5, 0.6) is 11.5 Å². The first-order chi connectivity index (χ1) is 11.6. The van der Waals surface area contributed by atoms with Crippen LogP contribution in [0.25, 0.3) is 6.08 Å². The van der Waals surface area contributed by atoms with Crippen molar-refractivity contribution in [2.75, 3.05) is 13.7 Å². The molecule has 2 aromatic rings. The fourth-order valence-electron chi connectivity index (χ4n) is 2.22. The highest BCUT2D eigenvalue weighted by Crippen LogP contribution is 2.20. The molecule has 0 atom stereocenters. The van der Waals surface area contributed by atoms with Gasteiger partial charge in [0.2, 0.25) is 5.91 Å². The third kappa shape index (κ3) is 5.14. The highest BCUT2D eigenvalue weighted by atomic mass is 16.5. The van der Waals surface area contributed by atoms with Gasteiger partial charge in [-0.1, -0.05) is 24.3 Å². The maximum Gasteiger partial charge on any atom is 0.244 e. The molecule has 3 N–H and O–H groups in total. The molecular formula is C19H21NO4. The molecule has 2 aromatic carbocycles. The minimum atomic E-state index is -0.182. The Morgan fingerprint density at radius 2 is 1.96 bits per heavy atom. The van der Waals surface area contributed by atoms with Crippen LogP contribution in [-0.2, 0) is 17.8 Å². The second-order valence-electron chi connectivity index (χ2n) is 5.27. The van der Waals surface area contributed by atoms with Gasteiger partial charge >= 0.3 is 0 Å². The van der Waals surface area contributed by atoms with Crippen LogP contribution in [0.4, 0.5) is 0 Å². The molecule has 0 fully saturated rings. The summed E-state index contributed by atoms with van der Waals surface area (Å²) in [5, 5.41) is 21.2. The van der Waals surface area contributed by atoms with Gasteiger partial charge in [-0.25, -0.2) is 0 Å². The van der Waals surface area contributed by atoms with E-state index in [4.69, 9.17) is 4.74 Å². The number of aromatic hydroxyl groups is 1. The Hall–Kier alpha value is -2.79. The van der Waals surface area contributed by atoms with Crippen LogP contribution in [0.3, 0.4) is 0 Å². The average molecular weight is 327 g/mol. The molecule has 5 nitrogen and oxygen atoms in total. The molecule has 2 rings (SSSR count). The molecule has 1 amide bonds. The summed E-state index contributed by atoms with van der Waals surface area (Å²) < 4.78 is 5.19. The number of phenolic OH excluding ortho intramolecular Hbond substituents is 1. The molecule has 0 aliphatic rings. The van der Waals surface area contributed by atoms with Gasteiger partial charge in [-0.3, -0.25) is 4.79 Å². The summed E-state index contributed by atoms with van der Waals surface area (Å²) in [5.41, 5.74) is 2.56. The molecule has 0 aliphatic carbocycles. The minimum absolute atomic E-state index is 0.0923. The molecule has 0 radical (unpaired) electrons. The van der Waals surface area contributed by atoms with Gasteiger partial charge in [-0.05, 0) is 41.8 Å². The third-order valence-corrected chi connectivity index (χ3v) is 3.56. The monoisotopic (exact) mass is 327 g/mol. The number of amides is 1. The third-order valence-electron chi connectivity index (χ3n) is 3.56. The van der Waals surface area contributed by atoms with Crippen molar-refractivity contribution in [1.82, 2.24) is 5.32 Å². The first-order valence-corrected chi connectivity index (χ1v) is 7.64. The van der Waals surface area contributed by atoms with Crippen LogP contribution in [0.1, 0.15) is 16.7 Å². The lowest BCUT2D eigenvalue weighted by Gasteiger charge is -2.07. The van der Waals surface area contributed by atoms with Crippen LogP contribution in [-0.4, -0.2) is 29.8 Å². The first kappa shape index (κ1) is 17.6. The van der Waals surface area contributed by atoms with E-state index in [1.165, 1.54) is 13.2 Å². The number of nitrogens with one attached hydrogen (secondary N) is 1. The molecule has 0 aromatic heterocycles. The van der Waals surface area contributed by atoms with E-state index in [2.05, 4.69) is 5.32 Å². The lowest BCUT2D eigenvalue weighted by atomic mass is 10.1. The zero-order valence-corrected chi connectivity index (χ0v) is 13.5. The fraction of sp³-hybridized carbons (Fsp3) is 0.211. The number of ether oxygens (including phenoxy) is 1. The zero-order chi connectivity index (χ0) is 17.4. The summed E-state index contributed by atoms with van der Waals surface area (Å²) in [4.78, 5) is 11.8. The Balaban J connectivity index is 1.85. The van der Waals surface area contributed by atoms with Crippen molar-refractivity contribution in [3.8, 4) is 11.5 Å². The Morgan fingerprint density at radius 3 is 2.62 bits per heavy atom. The number of rotatable bonds is 7. The predicted octanol–water partition coefficient (Wildman–Crippen LogP) is 2.27. The number of benzene rings is 2. The number of aliphatic hydroxyl groups excluding tert-OH is 1. The molecular weight excluding hydrogens is 306 g/mol. The molecule has 0 aliphatic heterocycles. The van der Waals surface area contributed by atoms with Crippen molar-refractivity contribution in [1.29, 1.82) is 0 Å². The predicted molar refractivity (Wildman–Crippen MR) is 92.8 cm³/mol. The van der Waals surface area contributed by atoms with Crippen LogP contribution < -0.4 is 10.1 Å². The first-order valence-electron chi connectivity index (χ1n) is 7.64. The number of carbonyl (C=O) groups excluding carboxylic acids is 1. The van der Waals surface area contributed by atoms with Gasteiger partial charge in [0.1, 0.15) is 11.5 Å². The maximum atomic E-state index is 11.8. The second kappa shape index (κ2) is 8.74. The van der Waals surface area contributed by atoms with Crippen molar-refractivity contribution in [2.24, 2.45) is 0 Å². The maximum absolute atomic E-state index is 11.8. The molecule has 0 spiro atoms. The number of methoxy groups -OCH3 is 1. The van der Waals surface area contributed by atoms with Crippen LogP contribution in [0.2, 0.25) is 0 Å². The summed E-state index contributed by atoms with van der Waals surface area (Å²) in [7, 11) is 1.54. The highest BCUT2D eigenvalue weighted by Gasteiger charge is 2.02. The molecule has 0 saturated carbocycles. The minimum Gasteiger partial charge on any atom is -0.508 e. The van der Waals surface area contributed by atoms with Crippen LogP contribution >= 0.6 is 0 Å². The van der Waals surface area contributed by atoms with Crippen LogP contribution in [0, 0.1) is 0 Å². The van der Waals surface area contributed by atoms with E-state index in [0.29, 0.717) is 24.3 Å². The molecule has 0 saturated heterocycles. The van der Waals surface area contributed by atoms with Crippen LogP contribution in [0.15, 0.2) is 48.5 Å². The molecule has 0 bridgehead atoms. The number of aliphatic hydroxyl groups is 1. The van der Waals surface area contributed by atoms with E-state index in [-0.39, 0.29) is 18.3 Å². The van der Waals surface area contributed by atoms with E-state index in [1.54, 1.807) is 30.3 Å². The average Bonchev–Trinajstić information content (AvgIpc) is 2.61. The Labute approximate surface area is 141 Å². The number of phenols is 1. The Bertz CT molecular complexity index is 708. The van der Waals surface area contributed by atoms with E-state index < -0.39 is 0 Å². The number of carbonyl (C=O) groups is 1. The van der Waals surface area contributed by atoms with Crippen molar-refractivity contribution in [3.05, 3.63) is 65.2 Å². The normalized spacial score (nSPS) is 10.8. The van der Waals surface area contributed by atoms with Gasteiger partial charge in [-0.2, -0.15) is 0 Å². The van der Waals surface area contributed by atoms with E-state index in [1.807, 2.05) is 18.2 Å². The summed E-state index contributed by atoms with van der Waals surface area (Å²) in [6, 6.07) is 12.3. The van der Waals surface area contributed by atoms with Crippen molar-refractivity contribution < 1.29 is 19.7 Å². The SMILES string of the molecule is COc1cc(/C=C/C(=O)NCCc2ccc(O)cc2)ccc1CO. The van der Waals surface area contributed by atoms with Crippen molar-refractivity contribution in [3.63, 3.8) is 0 Å². The zero-order valence-electron chi connectivity index (χ0n) is 13.5. The number of hydrogen-bond acceptors (Lipinski definition) is 4. The van der Waals surface area contributed by atoms with Gasteiger partial charge in [0, 0.05) is 18.2 Å². The molecule has 0 heterocycles. The standard InChI is InChI=1S/C19H21NO4/c1-24-18-12-15(2-6-16(18)13-21)5-9-19(23)20-11-10-14-3-7-17(22)8-4-14/h2-9,12,21-22H,10-11,13H2,1H3,(H,20,23)/b9-5+. The van der Waals surface area contributed by atoms with E-state index >= 15 is 0 Å². The van der Waals surface area contributed by atoms with Crippen molar-refractivity contribution >= 4 is 12.0 Å². The van der Waals surface area contributed by atoms with Gasteiger partial charge in [0.15, 0.2) is 0 Å². The van der Waals surface area contributed by atoms with E-state index in [9.17, 15) is 15.0 Å². The lowest BCUT2D eigenvalue weighted by molar-refractivity contribution is -0.116. The van der Waals surface area contributed by atoms with Gasteiger partial charge in [0.05, 0.1) is 13.7 Å². The number of hydrogen-bond donors (Lipinski definition) is 3. The van der Waals surface area contributed by atoms with Gasteiger partial charge in [-0.15, -0.1) is 0 Å². The fourth-order valence-corrected chi connectivity index (χ4v) is 2.22. The van der Waals surface area contributed by atoms with Gasteiger partial charge in [0.25, 0.3) is 0 Å². The summed E-state index contributed by atoms with van der Waals surface area (Å²) in [5.74, 6) is 0.639. The largest absolute Gasteiger partial charge is 0.508 e. The summed E-state index contributed by atoms with van der Waals surface area (Å²) in [6.45, 7) is 0.422. The molecule has 126 valence electrons. The molecule has 24 heavy (non-hydrogen) atoms. The Kier molecular flexibility index (Phi) is 6.40. The Morgan fingerprint density at radius 1 is 1.21 bits per heavy atom. The van der Waals surface area contributed by atoms with Crippen molar-refractivity contribution in [2.45, 2.75) is 13.0 Å². The summed E-state index contributed by atoms with van der Waals surface area (Å²) >= 11 is 0. The topological polar surface area (TPSA) is 78.8 Å². The molecule has 5 heteroatoms. The quantitative estimate of drug-likeness (QED) is 0.682. The van der Waals surface area contributed by atoms with E-state index in [0.717, 1.165) is 11.1 Å². The summed E-state index contributed by atoms with van der Waals surface area (Å²) in [6.07, 6.45) is 3.85. The van der Waals surface area contributed by atoms with Gasteiger partial charge < -0.3 is 20.3 Å². The smallest absolute Gasteiger partial charge is 0.244 e. The highest BCUT2D eigenvalue weighted by molar-refractivity contribution is 5.91. The molecule has 0 unspecified atom stereocenters. The lowest BCUT2D eigenvalue weighted by Crippen LogP contribution is -2.23.